The van der Waals surface area contributed by atoms with Crippen LogP contribution in [0, 0.1) is 0 Å². The lowest BCUT2D eigenvalue weighted by atomic mass is 9.99. The fourth-order valence-electron chi connectivity index (χ4n) is 4.90. The van der Waals surface area contributed by atoms with Gasteiger partial charge in [-0.3, -0.25) is 4.79 Å². The van der Waals surface area contributed by atoms with E-state index in [-0.39, 0.29) is 11.8 Å². The lowest BCUT2D eigenvalue weighted by molar-refractivity contribution is -0.133. The molecule has 2 saturated heterocycles. The van der Waals surface area contributed by atoms with Crippen LogP contribution >= 0.6 is 0 Å². The van der Waals surface area contributed by atoms with Crippen LogP contribution in [-0.4, -0.2) is 68.4 Å². The molecule has 2 atom stereocenters. The van der Waals surface area contributed by atoms with Crippen molar-refractivity contribution in [1.29, 1.82) is 0 Å². The van der Waals surface area contributed by atoms with Gasteiger partial charge in [-0.2, -0.15) is 4.98 Å². The number of ketones is 1. The fraction of sp³-hybridized carbons (Fsp3) is 0.400. The SMILES string of the molecule is COc1cc2nc(N3CCC[C@H]3C(=O)C3CNCCO3)nc(N)c2c(-c2ccccc2)c1OC. The van der Waals surface area contributed by atoms with E-state index in [2.05, 4.69) is 10.3 Å². The summed E-state index contributed by atoms with van der Waals surface area (Å²) < 4.78 is 17.1. The van der Waals surface area contributed by atoms with E-state index in [9.17, 15) is 4.79 Å². The fourth-order valence-corrected chi connectivity index (χ4v) is 4.90. The van der Waals surface area contributed by atoms with Crippen LogP contribution in [-0.2, 0) is 9.53 Å². The highest BCUT2D eigenvalue weighted by Gasteiger charge is 2.37. The first kappa shape index (κ1) is 22.4. The summed E-state index contributed by atoms with van der Waals surface area (Å²) >= 11 is 0. The number of nitrogen functional groups attached to an aromatic ring is 1. The van der Waals surface area contributed by atoms with Gasteiger partial charge in [0.15, 0.2) is 17.3 Å². The summed E-state index contributed by atoms with van der Waals surface area (Å²) in [7, 11) is 3.20. The van der Waals surface area contributed by atoms with E-state index in [1.54, 1.807) is 14.2 Å². The predicted octanol–water partition coefficient (Wildman–Crippen LogP) is 2.42. The largest absolute Gasteiger partial charge is 0.493 e. The van der Waals surface area contributed by atoms with Crippen molar-refractivity contribution in [3.05, 3.63) is 36.4 Å². The highest BCUT2D eigenvalue weighted by Crippen LogP contribution is 2.45. The van der Waals surface area contributed by atoms with E-state index in [1.807, 2.05) is 41.3 Å². The summed E-state index contributed by atoms with van der Waals surface area (Å²) in [5.41, 5.74) is 8.87. The van der Waals surface area contributed by atoms with Gasteiger partial charge in [0.1, 0.15) is 11.9 Å². The quantitative estimate of drug-likeness (QED) is 0.569. The van der Waals surface area contributed by atoms with Crippen LogP contribution in [0.5, 0.6) is 11.5 Å². The molecule has 2 aromatic carbocycles. The predicted molar refractivity (Wildman–Crippen MR) is 130 cm³/mol. The third kappa shape index (κ3) is 3.91. The average Bonchev–Trinajstić information content (AvgIpc) is 3.38. The molecule has 2 aliphatic heterocycles. The molecule has 2 fully saturated rings. The van der Waals surface area contributed by atoms with Crippen molar-refractivity contribution in [2.24, 2.45) is 0 Å². The maximum Gasteiger partial charge on any atom is 0.228 e. The molecule has 178 valence electrons. The summed E-state index contributed by atoms with van der Waals surface area (Å²) in [6.45, 7) is 2.51. The molecule has 9 nitrogen and oxygen atoms in total. The Bertz CT molecular complexity index is 1200. The minimum Gasteiger partial charge on any atom is -0.493 e. The third-order valence-electron chi connectivity index (χ3n) is 6.49. The Hall–Kier alpha value is -3.43. The Morgan fingerprint density at radius 2 is 2.03 bits per heavy atom. The van der Waals surface area contributed by atoms with Gasteiger partial charge in [-0.05, 0) is 18.4 Å². The number of anilines is 2. The molecule has 3 aromatic rings. The molecule has 1 unspecified atom stereocenters. The maximum atomic E-state index is 13.2. The lowest BCUT2D eigenvalue weighted by Gasteiger charge is -2.29. The van der Waals surface area contributed by atoms with E-state index in [4.69, 9.17) is 24.9 Å². The van der Waals surface area contributed by atoms with Crippen molar-refractivity contribution >= 4 is 28.5 Å². The standard InChI is InChI=1S/C25H29N5O4/c1-32-18-13-16-21(20(23(18)33-2)15-7-4-3-5-8-15)24(26)29-25(28-16)30-11-6-9-17(30)22(31)19-14-27-10-12-34-19/h3-5,7-8,13,17,19,27H,6,9-12,14H2,1-2H3,(H2,26,28,29)/t17-,19?/m0/s1. The molecule has 0 radical (unpaired) electrons. The van der Waals surface area contributed by atoms with E-state index in [0.717, 1.165) is 30.5 Å². The smallest absolute Gasteiger partial charge is 0.228 e. The first-order chi connectivity index (χ1) is 16.6. The molecule has 1 aromatic heterocycles. The highest BCUT2D eigenvalue weighted by molar-refractivity contribution is 6.06. The minimum atomic E-state index is -0.453. The zero-order valence-electron chi connectivity index (χ0n) is 19.4. The number of hydrogen-bond donors (Lipinski definition) is 2. The zero-order chi connectivity index (χ0) is 23.7. The van der Waals surface area contributed by atoms with E-state index >= 15 is 0 Å². The Morgan fingerprint density at radius 1 is 1.21 bits per heavy atom. The number of benzene rings is 2. The Morgan fingerprint density at radius 3 is 2.74 bits per heavy atom. The number of carbonyl (C=O) groups excluding carboxylic acids is 1. The molecule has 3 N–H and O–H groups in total. The molecule has 3 heterocycles. The minimum absolute atomic E-state index is 0.0595. The Kier molecular flexibility index (Phi) is 6.21. The molecule has 9 heteroatoms. The number of rotatable bonds is 6. The van der Waals surface area contributed by atoms with Crippen molar-refractivity contribution in [3.8, 4) is 22.6 Å². The number of morpholine rings is 1. The summed E-state index contributed by atoms with van der Waals surface area (Å²) in [4.78, 5) is 24.7. The van der Waals surface area contributed by atoms with Crippen LogP contribution in [0.1, 0.15) is 12.8 Å². The second-order valence-corrected chi connectivity index (χ2v) is 8.47. The van der Waals surface area contributed by atoms with Gasteiger partial charge >= 0.3 is 0 Å². The second-order valence-electron chi connectivity index (χ2n) is 8.47. The summed E-state index contributed by atoms with van der Waals surface area (Å²) in [6.07, 6.45) is 1.16. The highest BCUT2D eigenvalue weighted by atomic mass is 16.5. The van der Waals surface area contributed by atoms with Crippen molar-refractivity contribution in [2.75, 3.05) is 51.1 Å². The molecule has 0 bridgehead atoms. The normalized spacial score (nSPS) is 20.5. The van der Waals surface area contributed by atoms with Gasteiger partial charge in [-0.25, -0.2) is 4.98 Å². The molecule has 5 rings (SSSR count). The summed E-state index contributed by atoms with van der Waals surface area (Å²) in [6, 6.07) is 11.3. The number of carbonyl (C=O) groups is 1. The number of nitrogens with zero attached hydrogens (tertiary/aromatic N) is 3. The second kappa shape index (κ2) is 9.44. The van der Waals surface area contributed by atoms with Crippen molar-refractivity contribution < 1.29 is 19.0 Å². The zero-order valence-corrected chi connectivity index (χ0v) is 19.4. The molecular weight excluding hydrogens is 434 g/mol. The number of methoxy groups -OCH3 is 2. The number of nitrogens with two attached hydrogens (primary N) is 1. The molecule has 0 spiro atoms. The summed E-state index contributed by atoms with van der Waals surface area (Å²) in [5.74, 6) is 1.95. The Balaban J connectivity index is 1.61. The monoisotopic (exact) mass is 463 g/mol. The third-order valence-corrected chi connectivity index (χ3v) is 6.49. The molecule has 0 amide bonds. The number of Topliss-reactive ketones (excluding diaryl/α,β-unsaturated/α-hetero) is 1. The number of fused-ring (bicyclic) bond motifs is 1. The van der Waals surface area contributed by atoms with Gasteiger partial charge in [0.2, 0.25) is 5.95 Å². The molecule has 2 aliphatic rings. The topological polar surface area (TPSA) is 112 Å². The van der Waals surface area contributed by atoms with E-state index in [0.29, 0.717) is 53.9 Å². The molecular formula is C25H29N5O4. The number of aromatic nitrogens is 2. The Labute approximate surface area is 198 Å². The van der Waals surface area contributed by atoms with Gasteiger partial charge in [-0.15, -0.1) is 0 Å². The van der Waals surface area contributed by atoms with Crippen LogP contribution < -0.4 is 25.4 Å². The first-order valence-electron chi connectivity index (χ1n) is 11.5. The van der Waals surface area contributed by atoms with Crippen LogP contribution in [0.4, 0.5) is 11.8 Å². The van der Waals surface area contributed by atoms with Crippen molar-refractivity contribution in [3.63, 3.8) is 0 Å². The van der Waals surface area contributed by atoms with Gasteiger partial charge in [0.05, 0.1) is 37.8 Å². The first-order valence-corrected chi connectivity index (χ1v) is 11.5. The van der Waals surface area contributed by atoms with Crippen LogP contribution in [0.25, 0.3) is 22.0 Å². The van der Waals surface area contributed by atoms with Crippen LogP contribution in [0.2, 0.25) is 0 Å². The van der Waals surface area contributed by atoms with Crippen molar-refractivity contribution in [2.45, 2.75) is 25.0 Å². The molecule has 0 aliphatic carbocycles. The van der Waals surface area contributed by atoms with E-state index in [1.165, 1.54) is 0 Å². The van der Waals surface area contributed by atoms with Gasteiger partial charge in [0.25, 0.3) is 0 Å². The summed E-state index contributed by atoms with van der Waals surface area (Å²) in [5, 5.41) is 3.92. The lowest BCUT2D eigenvalue weighted by Crippen LogP contribution is -2.50. The number of ether oxygens (including phenoxy) is 3. The maximum absolute atomic E-state index is 13.2. The number of nitrogens with one attached hydrogen (secondary N) is 1. The van der Waals surface area contributed by atoms with E-state index < -0.39 is 6.10 Å². The molecule has 0 saturated carbocycles. The van der Waals surface area contributed by atoms with Crippen molar-refractivity contribution in [1.82, 2.24) is 15.3 Å². The van der Waals surface area contributed by atoms with Gasteiger partial charge in [0, 0.05) is 31.3 Å². The van der Waals surface area contributed by atoms with Crippen LogP contribution in [0.3, 0.4) is 0 Å². The number of hydrogen-bond acceptors (Lipinski definition) is 9. The van der Waals surface area contributed by atoms with Gasteiger partial charge < -0.3 is 30.2 Å². The van der Waals surface area contributed by atoms with Crippen LogP contribution in [0.15, 0.2) is 36.4 Å². The average molecular weight is 464 g/mol. The molecule has 34 heavy (non-hydrogen) atoms. The van der Waals surface area contributed by atoms with Gasteiger partial charge in [-0.1, -0.05) is 30.3 Å².